The number of carbonyl (C=O) groups excluding carboxylic acids is 1. The minimum atomic E-state index is -0.655. The zero-order chi connectivity index (χ0) is 18.5. The molecule has 7 heteroatoms. The molecule has 134 valence electrons. The standard InChI is InChI=1S/C19H18ClN3O3/c1-13(25-16-10-8-15(20)9-11-16)19(24)23(2)12-17-21-18(22-26-17)14-6-4-3-5-7-14/h3-11,13H,12H2,1-2H3/t13-/m1/s1. The molecule has 1 aromatic heterocycles. The molecular formula is C19H18ClN3O3. The average Bonchev–Trinajstić information content (AvgIpc) is 3.12. The van der Waals surface area contributed by atoms with Gasteiger partial charge in [-0.15, -0.1) is 0 Å². The van der Waals surface area contributed by atoms with E-state index >= 15 is 0 Å². The third kappa shape index (κ3) is 4.40. The maximum Gasteiger partial charge on any atom is 0.263 e. The van der Waals surface area contributed by atoms with E-state index in [9.17, 15) is 4.79 Å². The summed E-state index contributed by atoms with van der Waals surface area (Å²) in [4.78, 5) is 18.3. The Kier molecular flexibility index (Phi) is 5.53. The summed E-state index contributed by atoms with van der Waals surface area (Å²) >= 11 is 5.84. The maximum absolute atomic E-state index is 12.5. The summed E-state index contributed by atoms with van der Waals surface area (Å²) in [5.74, 6) is 1.23. The van der Waals surface area contributed by atoms with Crippen LogP contribution in [0.4, 0.5) is 0 Å². The van der Waals surface area contributed by atoms with Crippen molar-refractivity contribution in [2.45, 2.75) is 19.6 Å². The third-order valence-corrected chi connectivity index (χ3v) is 3.97. The Morgan fingerprint density at radius 1 is 1.19 bits per heavy atom. The molecule has 0 radical (unpaired) electrons. The highest BCUT2D eigenvalue weighted by Crippen LogP contribution is 2.18. The summed E-state index contributed by atoms with van der Waals surface area (Å²) in [5, 5.41) is 4.56. The molecular weight excluding hydrogens is 354 g/mol. The van der Waals surface area contributed by atoms with Crippen LogP contribution in [-0.4, -0.2) is 34.1 Å². The van der Waals surface area contributed by atoms with Crippen molar-refractivity contribution in [2.24, 2.45) is 0 Å². The van der Waals surface area contributed by atoms with Crippen molar-refractivity contribution in [1.29, 1.82) is 0 Å². The van der Waals surface area contributed by atoms with Gasteiger partial charge in [-0.25, -0.2) is 0 Å². The van der Waals surface area contributed by atoms with E-state index in [0.29, 0.717) is 22.5 Å². The Hall–Kier alpha value is -2.86. The van der Waals surface area contributed by atoms with Crippen molar-refractivity contribution in [1.82, 2.24) is 15.0 Å². The SMILES string of the molecule is C[C@@H](Oc1ccc(Cl)cc1)C(=O)N(C)Cc1nc(-c2ccccc2)no1. The Labute approximate surface area is 156 Å². The number of nitrogens with zero attached hydrogens (tertiary/aromatic N) is 3. The van der Waals surface area contributed by atoms with Gasteiger partial charge in [0.1, 0.15) is 5.75 Å². The molecule has 0 N–H and O–H groups in total. The lowest BCUT2D eigenvalue weighted by atomic mass is 10.2. The highest BCUT2D eigenvalue weighted by molar-refractivity contribution is 6.30. The molecule has 1 amide bonds. The first-order valence-electron chi connectivity index (χ1n) is 8.08. The number of amides is 1. The van der Waals surface area contributed by atoms with Crippen molar-refractivity contribution < 1.29 is 14.1 Å². The number of hydrogen-bond donors (Lipinski definition) is 0. The lowest BCUT2D eigenvalue weighted by Gasteiger charge is -2.20. The van der Waals surface area contributed by atoms with Gasteiger partial charge in [0, 0.05) is 17.6 Å². The van der Waals surface area contributed by atoms with Crippen LogP contribution in [0.3, 0.4) is 0 Å². The van der Waals surface area contributed by atoms with Crippen LogP contribution in [0, 0.1) is 0 Å². The molecule has 26 heavy (non-hydrogen) atoms. The van der Waals surface area contributed by atoms with Gasteiger partial charge in [0.2, 0.25) is 11.7 Å². The van der Waals surface area contributed by atoms with Crippen molar-refractivity contribution in [3.8, 4) is 17.1 Å². The number of likely N-dealkylation sites (N-methyl/N-ethyl adjacent to an activating group) is 1. The Bertz CT molecular complexity index is 865. The predicted octanol–water partition coefficient (Wildman–Crippen LogP) is 3.82. The molecule has 3 aromatic rings. The number of ether oxygens (including phenoxy) is 1. The van der Waals surface area contributed by atoms with Gasteiger partial charge in [0.05, 0.1) is 6.54 Å². The van der Waals surface area contributed by atoms with Gasteiger partial charge in [0.25, 0.3) is 5.91 Å². The lowest BCUT2D eigenvalue weighted by molar-refractivity contribution is -0.137. The number of rotatable bonds is 6. The molecule has 0 saturated carbocycles. The van der Waals surface area contributed by atoms with Crippen molar-refractivity contribution >= 4 is 17.5 Å². The van der Waals surface area contributed by atoms with Crippen molar-refractivity contribution in [2.75, 3.05) is 7.05 Å². The summed E-state index contributed by atoms with van der Waals surface area (Å²) < 4.78 is 10.9. The Morgan fingerprint density at radius 3 is 2.58 bits per heavy atom. The minimum absolute atomic E-state index is 0.195. The van der Waals surface area contributed by atoms with Crippen LogP contribution in [0.2, 0.25) is 5.02 Å². The number of halogens is 1. The van der Waals surface area contributed by atoms with Gasteiger partial charge < -0.3 is 14.2 Å². The number of aromatic nitrogens is 2. The molecule has 0 aliphatic rings. The van der Waals surface area contributed by atoms with Gasteiger partial charge >= 0.3 is 0 Å². The smallest absolute Gasteiger partial charge is 0.263 e. The van der Waals surface area contributed by atoms with E-state index in [1.54, 1.807) is 38.2 Å². The first-order valence-corrected chi connectivity index (χ1v) is 8.46. The Balaban J connectivity index is 1.60. The van der Waals surface area contributed by atoms with Gasteiger partial charge in [-0.2, -0.15) is 4.98 Å². The van der Waals surface area contributed by atoms with Crippen LogP contribution < -0.4 is 4.74 Å². The van der Waals surface area contributed by atoms with E-state index in [0.717, 1.165) is 5.56 Å². The van der Waals surface area contributed by atoms with Crippen LogP contribution in [0.1, 0.15) is 12.8 Å². The average molecular weight is 372 g/mol. The monoisotopic (exact) mass is 371 g/mol. The van der Waals surface area contributed by atoms with Crippen LogP contribution in [0.25, 0.3) is 11.4 Å². The quantitative estimate of drug-likeness (QED) is 0.659. The van der Waals surface area contributed by atoms with Gasteiger partial charge in [-0.1, -0.05) is 47.1 Å². The van der Waals surface area contributed by atoms with E-state index in [4.69, 9.17) is 20.9 Å². The zero-order valence-electron chi connectivity index (χ0n) is 14.4. The van der Waals surface area contributed by atoms with Gasteiger partial charge in [0.15, 0.2) is 6.10 Å². The first kappa shape index (κ1) is 17.9. The molecule has 0 spiro atoms. The molecule has 2 aromatic carbocycles. The molecule has 3 rings (SSSR count). The van der Waals surface area contributed by atoms with E-state index in [1.165, 1.54) is 4.90 Å². The summed E-state index contributed by atoms with van der Waals surface area (Å²) in [5.41, 5.74) is 0.857. The molecule has 0 aliphatic carbocycles. The molecule has 1 heterocycles. The Morgan fingerprint density at radius 2 is 1.88 bits per heavy atom. The highest BCUT2D eigenvalue weighted by atomic mass is 35.5. The molecule has 0 aliphatic heterocycles. The second kappa shape index (κ2) is 8.01. The maximum atomic E-state index is 12.5. The van der Waals surface area contributed by atoms with Crippen LogP contribution in [0.15, 0.2) is 59.1 Å². The van der Waals surface area contributed by atoms with E-state index in [-0.39, 0.29) is 12.5 Å². The summed E-state index contributed by atoms with van der Waals surface area (Å²) in [6.45, 7) is 1.89. The topological polar surface area (TPSA) is 68.5 Å². The van der Waals surface area contributed by atoms with E-state index < -0.39 is 6.10 Å². The minimum Gasteiger partial charge on any atom is -0.481 e. The van der Waals surface area contributed by atoms with E-state index in [1.807, 2.05) is 30.3 Å². The second-order valence-corrected chi connectivity index (χ2v) is 6.22. The summed E-state index contributed by atoms with van der Waals surface area (Å²) in [6.07, 6.45) is -0.655. The van der Waals surface area contributed by atoms with Crippen LogP contribution >= 0.6 is 11.6 Å². The molecule has 0 unspecified atom stereocenters. The fraction of sp³-hybridized carbons (Fsp3) is 0.211. The molecule has 6 nitrogen and oxygen atoms in total. The largest absolute Gasteiger partial charge is 0.481 e. The van der Waals surface area contributed by atoms with Gasteiger partial charge in [-0.05, 0) is 31.2 Å². The first-order chi connectivity index (χ1) is 12.5. The normalized spacial score (nSPS) is 11.8. The summed E-state index contributed by atoms with van der Waals surface area (Å²) in [6, 6.07) is 16.4. The van der Waals surface area contributed by atoms with Gasteiger partial charge in [-0.3, -0.25) is 4.79 Å². The van der Waals surface area contributed by atoms with Crippen LogP contribution in [-0.2, 0) is 11.3 Å². The zero-order valence-corrected chi connectivity index (χ0v) is 15.2. The second-order valence-electron chi connectivity index (χ2n) is 5.79. The van der Waals surface area contributed by atoms with Crippen LogP contribution in [0.5, 0.6) is 5.75 Å². The molecule has 1 atom stereocenters. The number of carbonyl (C=O) groups is 1. The number of benzene rings is 2. The van der Waals surface area contributed by atoms with Crippen molar-refractivity contribution in [3.63, 3.8) is 0 Å². The predicted molar refractivity (Wildman–Crippen MR) is 97.8 cm³/mol. The fourth-order valence-electron chi connectivity index (χ4n) is 2.38. The van der Waals surface area contributed by atoms with E-state index in [2.05, 4.69) is 10.1 Å². The summed E-state index contributed by atoms with van der Waals surface area (Å²) in [7, 11) is 1.66. The molecule has 0 saturated heterocycles. The molecule has 0 bridgehead atoms. The number of hydrogen-bond acceptors (Lipinski definition) is 5. The molecule has 0 fully saturated rings. The highest BCUT2D eigenvalue weighted by Gasteiger charge is 2.21. The third-order valence-electron chi connectivity index (χ3n) is 3.72. The van der Waals surface area contributed by atoms with Crippen molar-refractivity contribution in [3.05, 3.63) is 65.5 Å². The fourth-order valence-corrected chi connectivity index (χ4v) is 2.51. The lowest BCUT2D eigenvalue weighted by Crippen LogP contribution is -2.37.